The molecule has 0 saturated carbocycles. The highest BCUT2D eigenvalue weighted by Crippen LogP contribution is 2.45. The van der Waals surface area contributed by atoms with Gasteiger partial charge in [0.25, 0.3) is 0 Å². The van der Waals surface area contributed by atoms with E-state index in [4.69, 9.17) is 0 Å². The normalized spacial score (nSPS) is 11.4. The fourth-order valence-electron chi connectivity index (χ4n) is 8.17. The van der Waals surface area contributed by atoms with Crippen LogP contribution in [0.2, 0.25) is 0 Å². The first-order chi connectivity index (χ1) is 26.2. The predicted molar refractivity (Wildman–Crippen MR) is 222 cm³/mol. The maximum Gasteiger partial charge on any atom is 0.0991 e. The molecule has 2 nitrogen and oxygen atoms in total. The van der Waals surface area contributed by atoms with Crippen LogP contribution in [0.1, 0.15) is 5.56 Å². The van der Waals surface area contributed by atoms with E-state index in [1.54, 1.807) is 0 Å². The van der Waals surface area contributed by atoms with E-state index in [-0.39, 0.29) is 0 Å². The number of benzene rings is 9. The van der Waals surface area contributed by atoms with Crippen LogP contribution in [0, 0.1) is 11.3 Å². The van der Waals surface area contributed by atoms with Crippen LogP contribution in [0.4, 0.5) is 0 Å². The largest absolute Gasteiger partial charge is 0.309 e. The van der Waals surface area contributed by atoms with Gasteiger partial charge in [-0.1, -0.05) is 146 Å². The third-order valence-corrected chi connectivity index (χ3v) is 10.6. The molecule has 0 unspecified atom stereocenters. The minimum Gasteiger partial charge on any atom is -0.309 e. The van der Waals surface area contributed by atoms with E-state index in [9.17, 15) is 5.26 Å². The van der Waals surface area contributed by atoms with E-state index in [1.807, 2.05) is 18.2 Å². The molecule has 0 aliphatic heterocycles. The van der Waals surface area contributed by atoms with Crippen LogP contribution >= 0.6 is 0 Å². The third-order valence-electron chi connectivity index (χ3n) is 10.6. The van der Waals surface area contributed by atoms with Gasteiger partial charge in [0.2, 0.25) is 0 Å². The van der Waals surface area contributed by atoms with E-state index in [0.717, 1.165) is 38.6 Å². The third kappa shape index (κ3) is 5.10. The van der Waals surface area contributed by atoms with Crippen molar-refractivity contribution in [3.05, 3.63) is 200 Å². The van der Waals surface area contributed by atoms with Crippen LogP contribution < -0.4 is 0 Å². The van der Waals surface area contributed by atoms with Gasteiger partial charge in [-0.05, 0) is 115 Å². The minimum absolute atomic E-state index is 0.661. The number of hydrogen-bond donors (Lipinski definition) is 0. The van der Waals surface area contributed by atoms with Crippen LogP contribution in [0.5, 0.6) is 0 Å². The van der Waals surface area contributed by atoms with E-state index in [1.165, 1.54) is 54.9 Å². The zero-order valence-electron chi connectivity index (χ0n) is 28.9. The van der Waals surface area contributed by atoms with E-state index < -0.39 is 0 Å². The molecule has 0 N–H and O–H groups in total. The zero-order valence-corrected chi connectivity index (χ0v) is 28.9. The molecular formula is C51H32N2. The molecule has 53 heavy (non-hydrogen) atoms. The van der Waals surface area contributed by atoms with Gasteiger partial charge < -0.3 is 4.57 Å². The smallest absolute Gasteiger partial charge is 0.0991 e. The summed E-state index contributed by atoms with van der Waals surface area (Å²) >= 11 is 0. The first kappa shape index (κ1) is 30.6. The van der Waals surface area contributed by atoms with Crippen molar-refractivity contribution in [2.75, 3.05) is 0 Å². The molecule has 10 aromatic rings. The summed E-state index contributed by atoms with van der Waals surface area (Å²) in [5.74, 6) is 0. The average molecular weight is 673 g/mol. The molecule has 9 aromatic carbocycles. The summed E-state index contributed by atoms with van der Waals surface area (Å²) in [5, 5.41) is 16.9. The molecule has 0 saturated heterocycles. The van der Waals surface area contributed by atoms with Gasteiger partial charge in [0.15, 0.2) is 0 Å². The van der Waals surface area contributed by atoms with Gasteiger partial charge in [0.1, 0.15) is 0 Å². The molecule has 0 bridgehead atoms. The van der Waals surface area contributed by atoms with Crippen molar-refractivity contribution >= 4 is 43.4 Å². The lowest BCUT2D eigenvalue weighted by Gasteiger charge is -2.18. The van der Waals surface area contributed by atoms with Gasteiger partial charge in [-0.3, -0.25) is 0 Å². The Balaban J connectivity index is 1.12. The molecule has 2 heteroatoms. The predicted octanol–water partition coefficient (Wildman–Crippen LogP) is 13.6. The van der Waals surface area contributed by atoms with Gasteiger partial charge in [-0.15, -0.1) is 0 Å². The molecule has 246 valence electrons. The van der Waals surface area contributed by atoms with Crippen molar-refractivity contribution in [3.63, 3.8) is 0 Å². The number of rotatable bonds is 5. The van der Waals surface area contributed by atoms with E-state index in [2.05, 4.69) is 187 Å². The molecule has 0 amide bonds. The number of nitriles is 1. The van der Waals surface area contributed by atoms with Crippen LogP contribution in [0.25, 0.3) is 93.5 Å². The van der Waals surface area contributed by atoms with Crippen LogP contribution in [0.15, 0.2) is 194 Å². The Kier molecular flexibility index (Phi) is 7.23. The second-order valence-corrected chi connectivity index (χ2v) is 13.6. The fourth-order valence-corrected chi connectivity index (χ4v) is 8.17. The lowest BCUT2D eigenvalue weighted by Crippen LogP contribution is -1.93. The van der Waals surface area contributed by atoms with Crippen LogP contribution in [0.3, 0.4) is 0 Å². The zero-order chi connectivity index (χ0) is 35.3. The number of aromatic nitrogens is 1. The van der Waals surface area contributed by atoms with Crippen molar-refractivity contribution in [1.29, 1.82) is 5.26 Å². The molecule has 0 spiro atoms. The summed E-state index contributed by atoms with van der Waals surface area (Å²) in [6, 6.07) is 71.7. The Morgan fingerprint density at radius 1 is 0.321 bits per heavy atom. The van der Waals surface area contributed by atoms with Crippen LogP contribution in [-0.2, 0) is 0 Å². The number of nitrogens with zero attached hydrogens (tertiary/aromatic N) is 2. The highest BCUT2D eigenvalue weighted by Gasteiger charge is 2.18. The molecule has 0 atom stereocenters. The molecule has 0 fully saturated rings. The molecule has 0 aliphatic rings. The molecule has 1 aromatic heterocycles. The highest BCUT2D eigenvalue weighted by atomic mass is 15.0. The summed E-state index contributed by atoms with van der Waals surface area (Å²) in [6.07, 6.45) is 0. The van der Waals surface area contributed by atoms with Crippen molar-refractivity contribution in [2.45, 2.75) is 0 Å². The topological polar surface area (TPSA) is 28.7 Å². The maximum absolute atomic E-state index is 9.73. The first-order valence-electron chi connectivity index (χ1n) is 18.0. The Morgan fingerprint density at radius 3 is 1.34 bits per heavy atom. The van der Waals surface area contributed by atoms with Gasteiger partial charge in [-0.2, -0.15) is 5.26 Å². The van der Waals surface area contributed by atoms with Crippen LogP contribution in [-0.4, -0.2) is 4.57 Å². The molecule has 0 radical (unpaired) electrons. The quantitative estimate of drug-likeness (QED) is 0.167. The average Bonchev–Trinajstić information content (AvgIpc) is 3.56. The van der Waals surface area contributed by atoms with Crippen molar-refractivity contribution in [1.82, 2.24) is 4.57 Å². The fraction of sp³-hybridized carbons (Fsp3) is 0. The van der Waals surface area contributed by atoms with Gasteiger partial charge in [0.05, 0.1) is 22.7 Å². The standard InChI is InChI=1S/C51H32N2/c52-33-34-20-28-48-45(30-34)46-31-40(26-29-49(46)53(48)41-16-8-3-9-17-41)36-23-21-35(22-24-36)39-25-27-44-47(32-39)51(38-14-6-2-7-15-38)43-19-11-10-18-42(43)50(44)37-12-4-1-5-13-37/h1-32H. The molecule has 0 aliphatic carbocycles. The Bertz CT molecular complexity index is 3020. The summed E-state index contributed by atoms with van der Waals surface area (Å²) < 4.78 is 2.29. The SMILES string of the molecule is N#Cc1ccc2c(c1)c1cc(-c3ccc(-c4ccc5c(-c6ccccc6)c6ccccc6c(-c6ccccc6)c5c4)cc3)ccc1n2-c1ccccc1. The van der Waals surface area contributed by atoms with E-state index in [0.29, 0.717) is 5.56 Å². The molecular weight excluding hydrogens is 641 g/mol. The highest BCUT2D eigenvalue weighted by molar-refractivity contribution is 6.22. The summed E-state index contributed by atoms with van der Waals surface area (Å²) in [7, 11) is 0. The Labute approximate surface area is 308 Å². The number of para-hydroxylation sites is 1. The first-order valence-corrected chi connectivity index (χ1v) is 18.0. The maximum atomic E-state index is 9.73. The Morgan fingerprint density at radius 2 is 0.755 bits per heavy atom. The lowest BCUT2D eigenvalue weighted by molar-refractivity contribution is 1.18. The molecule has 1 heterocycles. The van der Waals surface area contributed by atoms with Gasteiger partial charge in [-0.25, -0.2) is 0 Å². The van der Waals surface area contributed by atoms with Crippen molar-refractivity contribution in [2.24, 2.45) is 0 Å². The number of hydrogen-bond acceptors (Lipinski definition) is 1. The van der Waals surface area contributed by atoms with E-state index >= 15 is 0 Å². The van der Waals surface area contributed by atoms with Crippen molar-refractivity contribution in [3.8, 4) is 56.3 Å². The Hall–Kier alpha value is -7.21. The summed E-state index contributed by atoms with van der Waals surface area (Å²) in [4.78, 5) is 0. The second kappa shape index (κ2) is 12.5. The molecule has 10 rings (SSSR count). The second-order valence-electron chi connectivity index (χ2n) is 13.6. The summed E-state index contributed by atoms with van der Waals surface area (Å²) in [5.41, 5.74) is 13.6. The lowest BCUT2D eigenvalue weighted by atomic mass is 9.85. The van der Waals surface area contributed by atoms with Gasteiger partial charge in [0, 0.05) is 16.5 Å². The summed E-state index contributed by atoms with van der Waals surface area (Å²) in [6.45, 7) is 0. The number of fused-ring (bicyclic) bond motifs is 5. The minimum atomic E-state index is 0.661. The van der Waals surface area contributed by atoms with Crippen molar-refractivity contribution < 1.29 is 0 Å². The van der Waals surface area contributed by atoms with Gasteiger partial charge >= 0.3 is 0 Å². The monoisotopic (exact) mass is 672 g/mol.